The lowest BCUT2D eigenvalue weighted by Gasteiger charge is -2.15. The minimum Gasteiger partial charge on any atom is -0.379 e. The van der Waals surface area contributed by atoms with Gasteiger partial charge in [0, 0.05) is 19.7 Å². The molecule has 1 amide bonds. The Balaban J connectivity index is 1.65. The second kappa shape index (κ2) is 8.02. The molecule has 2 rings (SSSR count). The second-order valence-electron chi connectivity index (χ2n) is 5.43. The highest BCUT2D eigenvalue weighted by atomic mass is 16.5. The molecule has 1 saturated carbocycles. The van der Waals surface area contributed by atoms with Gasteiger partial charge >= 0.3 is 0 Å². The zero-order valence-corrected chi connectivity index (χ0v) is 11.9. The fraction of sp³-hybridized carbons (Fsp3) is 0.562. The molecular formula is C16H24N2O2. The maximum atomic E-state index is 12.0. The first-order valence-electron chi connectivity index (χ1n) is 7.39. The summed E-state index contributed by atoms with van der Waals surface area (Å²) in [6, 6.07) is 9.97. The molecule has 0 radical (unpaired) electrons. The quantitative estimate of drug-likeness (QED) is 0.669. The molecule has 1 atom stereocenters. The number of carbonyl (C=O) groups is 1. The SMILES string of the molecule is NCC(Cc1ccccc1)C(=O)NCCOCC1CC1. The first-order valence-corrected chi connectivity index (χ1v) is 7.39. The molecule has 3 N–H and O–H groups in total. The van der Waals surface area contributed by atoms with Crippen LogP contribution in [0.1, 0.15) is 18.4 Å². The third kappa shape index (κ3) is 5.31. The minimum atomic E-state index is -0.166. The van der Waals surface area contributed by atoms with Crippen LogP contribution in [-0.4, -0.2) is 32.2 Å². The molecule has 1 unspecified atom stereocenters. The van der Waals surface area contributed by atoms with E-state index in [-0.39, 0.29) is 11.8 Å². The highest BCUT2D eigenvalue weighted by Crippen LogP contribution is 2.28. The Labute approximate surface area is 120 Å². The maximum Gasteiger partial charge on any atom is 0.224 e. The van der Waals surface area contributed by atoms with Crippen LogP contribution in [0, 0.1) is 11.8 Å². The van der Waals surface area contributed by atoms with Crippen molar-refractivity contribution in [1.29, 1.82) is 0 Å². The number of amides is 1. The van der Waals surface area contributed by atoms with Gasteiger partial charge in [0.1, 0.15) is 0 Å². The van der Waals surface area contributed by atoms with E-state index in [9.17, 15) is 4.79 Å². The monoisotopic (exact) mass is 276 g/mol. The van der Waals surface area contributed by atoms with Crippen molar-refractivity contribution < 1.29 is 9.53 Å². The summed E-state index contributed by atoms with van der Waals surface area (Å²) in [6.45, 7) is 2.35. The van der Waals surface area contributed by atoms with Crippen LogP contribution < -0.4 is 11.1 Å². The topological polar surface area (TPSA) is 64.4 Å². The molecule has 1 aromatic rings. The van der Waals surface area contributed by atoms with Crippen LogP contribution >= 0.6 is 0 Å². The van der Waals surface area contributed by atoms with E-state index >= 15 is 0 Å². The average Bonchev–Trinajstić information content (AvgIpc) is 3.29. The molecule has 0 spiro atoms. The zero-order valence-electron chi connectivity index (χ0n) is 11.9. The molecule has 20 heavy (non-hydrogen) atoms. The van der Waals surface area contributed by atoms with Gasteiger partial charge in [0.2, 0.25) is 5.91 Å². The normalized spacial score (nSPS) is 15.8. The molecule has 0 saturated heterocycles. The molecule has 1 aliphatic rings. The lowest BCUT2D eigenvalue weighted by Crippen LogP contribution is -2.37. The van der Waals surface area contributed by atoms with Crippen molar-refractivity contribution in [2.75, 3.05) is 26.3 Å². The largest absolute Gasteiger partial charge is 0.379 e. The number of nitrogens with one attached hydrogen (secondary N) is 1. The summed E-state index contributed by atoms with van der Waals surface area (Å²) in [5.41, 5.74) is 6.85. The van der Waals surface area contributed by atoms with E-state index in [1.807, 2.05) is 30.3 Å². The van der Waals surface area contributed by atoms with Crippen LogP contribution in [0.3, 0.4) is 0 Å². The number of benzene rings is 1. The predicted molar refractivity (Wildman–Crippen MR) is 79.2 cm³/mol. The van der Waals surface area contributed by atoms with Gasteiger partial charge in [-0.25, -0.2) is 0 Å². The molecule has 0 bridgehead atoms. The van der Waals surface area contributed by atoms with Crippen molar-refractivity contribution >= 4 is 5.91 Å². The Bertz CT molecular complexity index is 404. The summed E-state index contributed by atoms with van der Waals surface area (Å²) in [7, 11) is 0. The molecule has 4 nitrogen and oxygen atoms in total. The van der Waals surface area contributed by atoms with Crippen LogP contribution in [-0.2, 0) is 16.0 Å². The molecule has 4 heteroatoms. The number of ether oxygens (including phenoxy) is 1. The fourth-order valence-electron chi connectivity index (χ4n) is 2.11. The molecule has 110 valence electrons. The number of nitrogens with two attached hydrogens (primary N) is 1. The van der Waals surface area contributed by atoms with Gasteiger partial charge in [-0.15, -0.1) is 0 Å². The van der Waals surface area contributed by atoms with Gasteiger partial charge in [-0.3, -0.25) is 4.79 Å². The van der Waals surface area contributed by atoms with E-state index in [1.165, 1.54) is 12.8 Å². The molecule has 0 heterocycles. The molecular weight excluding hydrogens is 252 g/mol. The molecule has 0 aliphatic heterocycles. The van der Waals surface area contributed by atoms with Crippen molar-refractivity contribution in [2.24, 2.45) is 17.6 Å². The van der Waals surface area contributed by atoms with Gasteiger partial charge < -0.3 is 15.8 Å². The number of hydrogen-bond acceptors (Lipinski definition) is 3. The lowest BCUT2D eigenvalue weighted by molar-refractivity contribution is -0.124. The van der Waals surface area contributed by atoms with Crippen LogP contribution in [0.25, 0.3) is 0 Å². The van der Waals surface area contributed by atoms with E-state index < -0.39 is 0 Å². The van der Waals surface area contributed by atoms with E-state index in [4.69, 9.17) is 10.5 Å². The molecule has 1 aromatic carbocycles. The highest BCUT2D eigenvalue weighted by Gasteiger charge is 2.21. The van der Waals surface area contributed by atoms with Gasteiger partial charge in [-0.2, -0.15) is 0 Å². The van der Waals surface area contributed by atoms with Crippen molar-refractivity contribution in [2.45, 2.75) is 19.3 Å². The average molecular weight is 276 g/mol. The van der Waals surface area contributed by atoms with Gasteiger partial charge in [0.15, 0.2) is 0 Å². The third-order valence-electron chi connectivity index (χ3n) is 3.58. The second-order valence-corrected chi connectivity index (χ2v) is 5.43. The summed E-state index contributed by atoms with van der Waals surface area (Å²) in [5.74, 6) is 0.618. The summed E-state index contributed by atoms with van der Waals surface area (Å²) in [6.07, 6.45) is 3.27. The summed E-state index contributed by atoms with van der Waals surface area (Å²) in [4.78, 5) is 12.0. The van der Waals surface area contributed by atoms with Gasteiger partial charge in [0.25, 0.3) is 0 Å². The standard InChI is InChI=1S/C16H24N2O2/c17-11-15(10-13-4-2-1-3-5-13)16(19)18-8-9-20-12-14-6-7-14/h1-5,14-15H,6-12,17H2,(H,18,19). The highest BCUT2D eigenvalue weighted by molar-refractivity contribution is 5.79. The van der Waals surface area contributed by atoms with Crippen LogP contribution in [0.2, 0.25) is 0 Å². The Kier molecular flexibility index (Phi) is 6.02. The van der Waals surface area contributed by atoms with Gasteiger partial charge in [-0.05, 0) is 30.7 Å². The van der Waals surface area contributed by atoms with Crippen LogP contribution in [0.5, 0.6) is 0 Å². The summed E-state index contributed by atoms with van der Waals surface area (Å²) < 4.78 is 5.49. The Morgan fingerprint density at radius 3 is 2.75 bits per heavy atom. The van der Waals surface area contributed by atoms with E-state index in [1.54, 1.807) is 0 Å². The van der Waals surface area contributed by atoms with Gasteiger partial charge in [0.05, 0.1) is 12.5 Å². The molecule has 1 fully saturated rings. The lowest BCUT2D eigenvalue weighted by atomic mass is 9.98. The van der Waals surface area contributed by atoms with E-state index in [0.717, 1.165) is 18.1 Å². The van der Waals surface area contributed by atoms with Crippen molar-refractivity contribution in [3.05, 3.63) is 35.9 Å². The van der Waals surface area contributed by atoms with Crippen molar-refractivity contribution in [1.82, 2.24) is 5.32 Å². The van der Waals surface area contributed by atoms with Crippen molar-refractivity contribution in [3.8, 4) is 0 Å². The number of rotatable bonds is 9. The maximum absolute atomic E-state index is 12.0. The van der Waals surface area contributed by atoms with Gasteiger partial charge in [-0.1, -0.05) is 30.3 Å². The molecule has 0 aromatic heterocycles. The minimum absolute atomic E-state index is 0.0198. The Morgan fingerprint density at radius 2 is 2.10 bits per heavy atom. The first kappa shape index (κ1) is 15.0. The van der Waals surface area contributed by atoms with Crippen molar-refractivity contribution in [3.63, 3.8) is 0 Å². The number of hydrogen-bond donors (Lipinski definition) is 2. The van der Waals surface area contributed by atoms with Crippen LogP contribution in [0.4, 0.5) is 0 Å². The summed E-state index contributed by atoms with van der Waals surface area (Å²) >= 11 is 0. The first-order chi connectivity index (χ1) is 9.79. The van der Waals surface area contributed by atoms with E-state index in [2.05, 4.69) is 5.32 Å². The predicted octanol–water partition coefficient (Wildman–Crippen LogP) is 1.35. The van der Waals surface area contributed by atoms with E-state index in [0.29, 0.717) is 26.1 Å². The third-order valence-corrected chi connectivity index (χ3v) is 3.58. The smallest absolute Gasteiger partial charge is 0.224 e. The zero-order chi connectivity index (χ0) is 14.2. The molecule has 1 aliphatic carbocycles. The number of carbonyl (C=O) groups excluding carboxylic acids is 1. The summed E-state index contributed by atoms with van der Waals surface area (Å²) in [5, 5.41) is 2.90. The van der Waals surface area contributed by atoms with Crippen LogP contribution in [0.15, 0.2) is 30.3 Å². The fourth-order valence-corrected chi connectivity index (χ4v) is 2.11. The Hall–Kier alpha value is -1.39. The Morgan fingerprint density at radius 1 is 1.35 bits per heavy atom.